The van der Waals surface area contributed by atoms with Crippen molar-refractivity contribution in [3.8, 4) is 0 Å². The summed E-state index contributed by atoms with van der Waals surface area (Å²) in [7, 11) is 0. The molecule has 0 aromatic heterocycles. The van der Waals surface area contributed by atoms with Crippen LogP contribution in [0.2, 0.25) is 0 Å². The van der Waals surface area contributed by atoms with Gasteiger partial charge in [0.1, 0.15) is 6.54 Å². The van der Waals surface area contributed by atoms with Crippen molar-refractivity contribution in [2.24, 2.45) is 5.73 Å². The van der Waals surface area contributed by atoms with Crippen LogP contribution < -0.4 is 15.5 Å². The number of anilines is 2. The molecule has 2 N–H and O–H groups in total. The predicted molar refractivity (Wildman–Crippen MR) is 96.9 cm³/mol. The van der Waals surface area contributed by atoms with E-state index in [2.05, 4.69) is 0 Å². The first-order valence-electron chi connectivity index (χ1n) is 7.97. The Hall–Kier alpha value is -2.66. The lowest BCUT2D eigenvalue weighted by molar-refractivity contribution is -0.122. The zero-order valence-electron chi connectivity index (χ0n) is 14.1. The van der Waals surface area contributed by atoms with Crippen molar-refractivity contribution >= 4 is 23.2 Å². The Kier molecular flexibility index (Phi) is 6.09. The largest absolute Gasteiger partial charge is 0.322 e. The zero-order chi connectivity index (χ0) is 17.5. The van der Waals surface area contributed by atoms with Crippen LogP contribution in [0.5, 0.6) is 0 Å². The Labute approximate surface area is 142 Å². The van der Waals surface area contributed by atoms with Gasteiger partial charge in [-0.05, 0) is 38.1 Å². The lowest BCUT2D eigenvalue weighted by Crippen LogP contribution is -2.47. The fraction of sp³-hybridized carbons (Fsp3) is 0.263. The molecule has 0 atom stereocenters. The quantitative estimate of drug-likeness (QED) is 0.887. The summed E-state index contributed by atoms with van der Waals surface area (Å²) in [6.45, 7) is 3.70. The molecule has 0 fully saturated rings. The van der Waals surface area contributed by atoms with Crippen LogP contribution in [0.4, 0.5) is 11.4 Å². The van der Waals surface area contributed by atoms with E-state index in [4.69, 9.17) is 5.73 Å². The van der Waals surface area contributed by atoms with Crippen LogP contribution in [-0.4, -0.2) is 30.9 Å². The van der Waals surface area contributed by atoms with Gasteiger partial charge in [-0.25, -0.2) is 0 Å². The van der Waals surface area contributed by atoms with Crippen molar-refractivity contribution in [1.82, 2.24) is 0 Å². The molecule has 126 valence electrons. The van der Waals surface area contributed by atoms with Gasteiger partial charge in [0.2, 0.25) is 11.8 Å². The fourth-order valence-electron chi connectivity index (χ4n) is 2.57. The van der Waals surface area contributed by atoms with Crippen LogP contribution in [0, 0.1) is 0 Å². The number of carbonyl (C=O) groups is 2. The van der Waals surface area contributed by atoms with Crippen molar-refractivity contribution in [2.75, 3.05) is 22.9 Å². The molecule has 0 heterocycles. The standard InChI is InChI=1S/C19H23N3O2/c1-15(2)22(17-11-7-4-8-12-17)19(24)14-21(18(23)13-20)16-9-5-3-6-10-16/h3-12,15H,13-14,20H2,1-2H3. The third kappa shape index (κ3) is 4.20. The minimum absolute atomic E-state index is 0.0227. The average Bonchev–Trinajstić information content (AvgIpc) is 2.60. The molecule has 0 aliphatic carbocycles. The third-order valence-electron chi connectivity index (χ3n) is 3.66. The summed E-state index contributed by atoms with van der Waals surface area (Å²) in [5, 5.41) is 0. The Morgan fingerprint density at radius 3 is 1.83 bits per heavy atom. The van der Waals surface area contributed by atoms with E-state index in [9.17, 15) is 9.59 Å². The summed E-state index contributed by atoms with van der Waals surface area (Å²) in [5.41, 5.74) is 6.99. The van der Waals surface area contributed by atoms with Crippen LogP contribution in [0.25, 0.3) is 0 Å². The molecule has 0 bridgehead atoms. The van der Waals surface area contributed by atoms with E-state index in [1.165, 1.54) is 4.90 Å². The molecule has 0 aliphatic heterocycles. The number of nitrogens with zero attached hydrogens (tertiary/aromatic N) is 2. The van der Waals surface area contributed by atoms with E-state index in [1.54, 1.807) is 17.0 Å². The zero-order valence-corrected chi connectivity index (χ0v) is 14.1. The summed E-state index contributed by atoms with van der Waals surface area (Å²) in [4.78, 5) is 28.2. The normalized spacial score (nSPS) is 10.5. The second-order valence-electron chi connectivity index (χ2n) is 5.71. The fourth-order valence-corrected chi connectivity index (χ4v) is 2.57. The summed E-state index contributed by atoms with van der Waals surface area (Å²) in [6, 6.07) is 18.5. The SMILES string of the molecule is CC(C)N(C(=O)CN(C(=O)CN)c1ccccc1)c1ccccc1. The first kappa shape index (κ1) is 17.7. The minimum Gasteiger partial charge on any atom is -0.322 e. The lowest BCUT2D eigenvalue weighted by Gasteiger charge is -2.30. The highest BCUT2D eigenvalue weighted by atomic mass is 16.2. The first-order chi connectivity index (χ1) is 11.5. The summed E-state index contributed by atoms with van der Waals surface area (Å²) < 4.78 is 0. The van der Waals surface area contributed by atoms with Gasteiger partial charge in [-0.2, -0.15) is 0 Å². The number of para-hydroxylation sites is 2. The highest BCUT2D eigenvalue weighted by Gasteiger charge is 2.24. The van der Waals surface area contributed by atoms with Crippen molar-refractivity contribution < 1.29 is 9.59 Å². The Morgan fingerprint density at radius 1 is 0.875 bits per heavy atom. The highest BCUT2D eigenvalue weighted by molar-refractivity contribution is 6.04. The average molecular weight is 325 g/mol. The van der Waals surface area contributed by atoms with E-state index >= 15 is 0 Å². The van der Waals surface area contributed by atoms with Gasteiger partial charge in [0.25, 0.3) is 0 Å². The van der Waals surface area contributed by atoms with Crippen molar-refractivity contribution in [3.05, 3.63) is 60.7 Å². The van der Waals surface area contributed by atoms with E-state index in [0.717, 1.165) is 5.69 Å². The lowest BCUT2D eigenvalue weighted by atomic mass is 10.2. The summed E-state index contributed by atoms with van der Waals surface area (Å²) in [5.74, 6) is -0.437. The maximum atomic E-state index is 12.9. The van der Waals surface area contributed by atoms with Gasteiger partial charge in [0.15, 0.2) is 0 Å². The molecule has 0 radical (unpaired) electrons. The van der Waals surface area contributed by atoms with Crippen LogP contribution >= 0.6 is 0 Å². The van der Waals surface area contributed by atoms with Gasteiger partial charge < -0.3 is 15.5 Å². The molecule has 0 spiro atoms. The maximum Gasteiger partial charge on any atom is 0.247 e. The van der Waals surface area contributed by atoms with Crippen LogP contribution in [0.3, 0.4) is 0 Å². The molecule has 2 aromatic carbocycles. The van der Waals surface area contributed by atoms with Gasteiger partial charge in [-0.15, -0.1) is 0 Å². The van der Waals surface area contributed by atoms with Gasteiger partial charge >= 0.3 is 0 Å². The van der Waals surface area contributed by atoms with E-state index in [0.29, 0.717) is 5.69 Å². The van der Waals surface area contributed by atoms with Crippen molar-refractivity contribution in [1.29, 1.82) is 0 Å². The first-order valence-corrected chi connectivity index (χ1v) is 7.97. The molecule has 24 heavy (non-hydrogen) atoms. The van der Waals surface area contributed by atoms with Crippen LogP contribution in [0.1, 0.15) is 13.8 Å². The summed E-state index contributed by atoms with van der Waals surface area (Å²) >= 11 is 0. The molecule has 5 nitrogen and oxygen atoms in total. The second-order valence-corrected chi connectivity index (χ2v) is 5.71. The highest BCUT2D eigenvalue weighted by Crippen LogP contribution is 2.19. The van der Waals surface area contributed by atoms with Gasteiger partial charge in [0.05, 0.1) is 6.54 Å². The van der Waals surface area contributed by atoms with Gasteiger partial charge in [-0.1, -0.05) is 36.4 Å². The topological polar surface area (TPSA) is 66.6 Å². The molecule has 2 aromatic rings. The minimum atomic E-state index is -0.286. The molecular formula is C19H23N3O2. The van der Waals surface area contributed by atoms with Gasteiger partial charge in [0, 0.05) is 17.4 Å². The third-order valence-corrected chi connectivity index (χ3v) is 3.66. The Balaban J connectivity index is 2.27. The van der Waals surface area contributed by atoms with E-state index < -0.39 is 0 Å². The van der Waals surface area contributed by atoms with Crippen LogP contribution in [0.15, 0.2) is 60.7 Å². The maximum absolute atomic E-state index is 12.9. The molecule has 2 amide bonds. The number of hydrogen-bond acceptors (Lipinski definition) is 3. The Bertz CT molecular complexity index is 672. The molecule has 0 saturated carbocycles. The number of amides is 2. The predicted octanol–water partition coefficient (Wildman–Crippen LogP) is 2.42. The Morgan fingerprint density at radius 2 is 1.38 bits per heavy atom. The van der Waals surface area contributed by atoms with Gasteiger partial charge in [-0.3, -0.25) is 9.59 Å². The summed E-state index contributed by atoms with van der Waals surface area (Å²) in [6.07, 6.45) is 0. The van der Waals surface area contributed by atoms with E-state index in [1.807, 2.05) is 62.4 Å². The van der Waals surface area contributed by atoms with Crippen LogP contribution in [-0.2, 0) is 9.59 Å². The molecule has 0 aliphatic rings. The monoisotopic (exact) mass is 325 g/mol. The van der Waals surface area contributed by atoms with Crippen molar-refractivity contribution in [3.63, 3.8) is 0 Å². The number of carbonyl (C=O) groups excluding carboxylic acids is 2. The van der Waals surface area contributed by atoms with Crippen molar-refractivity contribution in [2.45, 2.75) is 19.9 Å². The molecule has 0 saturated heterocycles. The smallest absolute Gasteiger partial charge is 0.247 e. The second kappa shape index (κ2) is 8.26. The number of hydrogen-bond donors (Lipinski definition) is 1. The number of rotatable bonds is 6. The molecular weight excluding hydrogens is 302 g/mol. The molecule has 5 heteroatoms. The number of nitrogens with two attached hydrogens (primary N) is 1. The number of benzene rings is 2. The molecule has 0 unspecified atom stereocenters. The van der Waals surface area contributed by atoms with E-state index in [-0.39, 0.29) is 30.9 Å². The molecule has 2 rings (SSSR count).